The molecule has 0 spiro atoms. The smallest absolute Gasteiger partial charge is 0.257 e. The van der Waals surface area contributed by atoms with E-state index >= 15 is 0 Å². The van der Waals surface area contributed by atoms with Gasteiger partial charge in [-0.05, 0) is 12.8 Å². The summed E-state index contributed by atoms with van der Waals surface area (Å²) in [5.74, 6) is 2.97. The van der Waals surface area contributed by atoms with Crippen molar-refractivity contribution < 1.29 is 13.2 Å². The average Bonchev–Trinajstić information content (AvgIpc) is 2.02. The Morgan fingerprint density at radius 3 is 2.38 bits per heavy atom. The molecule has 0 aliphatic heterocycles. The van der Waals surface area contributed by atoms with Gasteiger partial charge in [-0.25, -0.2) is 4.98 Å². The maximum absolute atomic E-state index is 11.6. The summed E-state index contributed by atoms with van der Waals surface area (Å²) in [6, 6.07) is 0. The SMILES string of the molecule is Cc1cnc(C#CC(F)(F)F)cn1. The first-order chi connectivity index (χ1) is 5.97. The fourth-order valence-corrected chi connectivity index (χ4v) is 0.592. The van der Waals surface area contributed by atoms with Crippen molar-refractivity contribution in [1.29, 1.82) is 0 Å². The van der Waals surface area contributed by atoms with Crippen LogP contribution in [0.2, 0.25) is 0 Å². The highest BCUT2D eigenvalue weighted by Crippen LogP contribution is 2.12. The van der Waals surface area contributed by atoms with Gasteiger partial charge in [0.25, 0.3) is 0 Å². The molecular weight excluding hydrogens is 181 g/mol. The van der Waals surface area contributed by atoms with Crippen molar-refractivity contribution in [2.45, 2.75) is 13.1 Å². The molecule has 0 aliphatic carbocycles. The molecule has 0 saturated heterocycles. The minimum Gasteiger partial charge on any atom is -0.257 e. The summed E-state index contributed by atoms with van der Waals surface area (Å²) in [5, 5.41) is 0. The number of aromatic nitrogens is 2. The minimum atomic E-state index is -4.48. The molecule has 1 aromatic rings. The Balaban J connectivity index is 2.85. The molecule has 0 saturated carbocycles. The number of rotatable bonds is 0. The lowest BCUT2D eigenvalue weighted by Gasteiger charge is -1.93. The van der Waals surface area contributed by atoms with E-state index in [9.17, 15) is 13.2 Å². The van der Waals surface area contributed by atoms with Gasteiger partial charge in [0, 0.05) is 12.1 Å². The maximum Gasteiger partial charge on any atom is 0.458 e. The zero-order chi connectivity index (χ0) is 9.90. The highest BCUT2D eigenvalue weighted by molar-refractivity contribution is 5.26. The van der Waals surface area contributed by atoms with Gasteiger partial charge in [-0.15, -0.1) is 0 Å². The quantitative estimate of drug-likeness (QED) is 0.576. The van der Waals surface area contributed by atoms with E-state index in [4.69, 9.17) is 0 Å². The molecule has 0 radical (unpaired) electrons. The lowest BCUT2D eigenvalue weighted by Crippen LogP contribution is -2.01. The average molecular weight is 186 g/mol. The van der Waals surface area contributed by atoms with E-state index in [0.29, 0.717) is 5.69 Å². The Labute approximate surface area is 72.8 Å². The van der Waals surface area contributed by atoms with Crippen molar-refractivity contribution in [3.63, 3.8) is 0 Å². The molecule has 0 unspecified atom stereocenters. The van der Waals surface area contributed by atoms with Crippen molar-refractivity contribution in [2.24, 2.45) is 0 Å². The van der Waals surface area contributed by atoms with Crippen LogP contribution in [0.3, 0.4) is 0 Å². The molecule has 13 heavy (non-hydrogen) atoms. The number of halogens is 3. The molecule has 2 nitrogen and oxygen atoms in total. The van der Waals surface area contributed by atoms with Crippen LogP contribution in [-0.2, 0) is 0 Å². The highest BCUT2D eigenvalue weighted by atomic mass is 19.4. The van der Waals surface area contributed by atoms with Gasteiger partial charge in [-0.3, -0.25) is 4.98 Å². The van der Waals surface area contributed by atoms with E-state index in [1.165, 1.54) is 12.4 Å². The Kier molecular flexibility index (Phi) is 2.52. The summed E-state index contributed by atoms with van der Waals surface area (Å²) < 4.78 is 34.8. The Morgan fingerprint density at radius 1 is 1.23 bits per heavy atom. The number of nitrogens with zero attached hydrogens (tertiary/aromatic N) is 2. The van der Waals surface area contributed by atoms with Gasteiger partial charge in [0.2, 0.25) is 0 Å². The van der Waals surface area contributed by atoms with Crippen molar-refractivity contribution in [3.05, 3.63) is 23.8 Å². The molecule has 1 heterocycles. The second-order valence-electron chi connectivity index (χ2n) is 2.29. The van der Waals surface area contributed by atoms with E-state index < -0.39 is 6.18 Å². The monoisotopic (exact) mass is 186 g/mol. The molecular formula is C8H5F3N2. The third-order valence-electron chi connectivity index (χ3n) is 1.11. The first-order valence-corrected chi connectivity index (χ1v) is 3.36. The van der Waals surface area contributed by atoms with Gasteiger partial charge in [0.15, 0.2) is 0 Å². The molecule has 0 aliphatic rings. The summed E-state index contributed by atoms with van der Waals surface area (Å²) in [4.78, 5) is 7.39. The molecule has 0 fully saturated rings. The molecule has 0 atom stereocenters. The zero-order valence-electron chi connectivity index (χ0n) is 6.68. The van der Waals surface area contributed by atoms with Gasteiger partial charge < -0.3 is 0 Å². The summed E-state index contributed by atoms with van der Waals surface area (Å²) >= 11 is 0. The molecule has 1 rings (SSSR count). The van der Waals surface area contributed by atoms with Crippen molar-refractivity contribution in [2.75, 3.05) is 0 Å². The molecule has 68 valence electrons. The fourth-order valence-electron chi connectivity index (χ4n) is 0.592. The van der Waals surface area contributed by atoms with Crippen molar-refractivity contribution in [1.82, 2.24) is 9.97 Å². The predicted molar refractivity (Wildman–Crippen MR) is 39.7 cm³/mol. The van der Waals surface area contributed by atoms with Crippen LogP contribution in [0.1, 0.15) is 11.4 Å². The second kappa shape index (κ2) is 3.44. The van der Waals surface area contributed by atoms with Gasteiger partial charge >= 0.3 is 6.18 Å². The van der Waals surface area contributed by atoms with E-state index in [1.807, 2.05) is 5.92 Å². The van der Waals surface area contributed by atoms with E-state index in [1.54, 1.807) is 6.92 Å². The summed E-state index contributed by atoms with van der Waals surface area (Å²) in [6.07, 6.45) is -1.92. The second-order valence-corrected chi connectivity index (χ2v) is 2.29. The Morgan fingerprint density at radius 2 is 1.92 bits per heavy atom. The maximum atomic E-state index is 11.6. The summed E-state index contributed by atoms with van der Waals surface area (Å²) in [6.45, 7) is 1.69. The third kappa shape index (κ3) is 3.56. The van der Waals surface area contributed by atoms with Gasteiger partial charge in [0.05, 0.1) is 11.9 Å². The molecule has 0 N–H and O–H groups in total. The van der Waals surface area contributed by atoms with Crippen LogP contribution in [0.5, 0.6) is 0 Å². The molecule has 1 aromatic heterocycles. The Bertz CT molecular complexity index is 342. The van der Waals surface area contributed by atoms with Crippen molar-refractivity contribution in [3.8, 4) is 11.8 Å². The molecule has 0 amide bonds. The summed E-state index contributed by atoms with van der Waals surface area (Å²) in [7, 11) is 0. The van der Waals surface area contributed by atoms with Crippen LogP contribution < -0.4 is 0 Å². The van der Waals surface area contributed by atoms with E-state index in [2.05, 4.69) is 9.97 Å². The zero-order valence-corrected chi connectivity index (χ0v) is 6.68. The van der Waals surface area contributed by atoms with Crippen molar-refractivity contribution >= 4 is 0 Å². The topological polar surface area (TPSA) is 25.8 Å². The lowest BCUT2D eigenvalue weighted by atomic mass is 10.4. The third-order valence-corrected chi connectivity index (χ3v) is 1.11. The standard InChI is InChI=1S/C8H5F3N2/c1-6-4-13-7(5-12-6)2-3-8(9,10)11/h4-5H,1H3. The largest absolute Gasteiger partial charge is 0.458 e. The normalized spacial score (nSPS) is 10.5. The highest BCUT2D eigenvalue weighted by Gasteiger charge is 2.22. The lowest BCUT2D eigenvalue weighted by molar-refractivity contribution is -0.0696. The number of hydrogen-bond donors (Lipinski definition) is 0. The van der Waals surface area contributed by atoms with E-state index in [-0.39, 0.29) is 5.69 Å². The predicted octanol–water partition coefficient (Wildman–Crippen LogP) is 1.70. The Hall–Kier alpha value is -1.57. The minimum absolute atomic E-state index is 0.0166. The van der Waals surface area contributed by atoms with Gasteiger partial charge in [-0.1, -0.05) is 0 Å². The molecule has 0 aromatic carbocycles. The molecule has 5 heteroatoms. The molecule has 0 bridgehead atoms. The first kappa shape index (κ1) is 9.52. The first-order valence-electron chi connectivity index (χ1n) is 3.36. The number of alkyl halides is 3. The van der Waals surface area contributed by atoms with E-state index in [0.717, 1.165) is 5.92 Å². The number of aryl methyl sites for hydroxylation is 1. The van der Waals surface area contributed by atoms with Crippen LogP contribution in [0.25, 0.3) is 0 Å². The van der Waals surface area contributed by atoms with Crippen LogP contribution in [0.15, 0.2) is 12.4 Å². The van der Waals surface area contributed by atoms with Gasteiger partial charge in [-0.2, -0.15) is 13.2 Å². The van der Waals surface area contributed by atoms with Gasteiger partial charge in [0.1, 0.15) is 5.69 Å². The fraction of sp³-hybridized carbons (Fsp3) is 0.250. The van der Waals surface area contributed by atoms with Crippen LogP contribution in [-0.4, -0.2) is 16.1 Å². The summed E-state index contributed by atoms with van der Waals surface area (Å²) in [5.41, 5.74) is 0.653. The van der Waals surface area contributed by atoms with Crippen LogP contribution in [0.4, 0.5) is 13.2 Å². The van der Waals surface area contributed by atoms with Crippen LogP contribution in [0, 0.1) is 18.8 Å². The number of hydrogen-bond acceptors (Lipinski definition) is 2. The van der Waals surface area contributed by atoms with Crippen LogP contribution >= 0.6 is 0 Å².